The van der Waals surface area contributed by atoms with Crippen LogP contribution in [0.3, 0.4) is 0 Å². The maximum absolute atomic E-state index is 12.6. The average Bonchev–Trinajstić information content (AvgIpc) is 2.37. The highest BCUT2D eigenvalue weighted by Gasteiger charge is 2.50. The van der Waals surface area contributed by atoms with E-state index in [0.717, 1.165) is 4.47 Å². The summed E-state index contributed by atoms with van der Waals surface area (Å²) < 4.78 is 11.2. The highest BCUT2D eigenvalue weighted by atomic mass is 79.9. The second-order valence-corrected chi connectivity index (χ2v) is 6.14. The number of rotatable bonds is 3. The Morgan fingerprint density at radius 2 is 2.05 bits per heavy atom. The summed E-state index contributed by atoms with van der Waals surface area (Å²) >= 11 is 3.30. The van der Waals surface area contributed by atoms with Crippen LogP contribution in [-0.4, -0.2) is 29.7 Å². The van der Waals surface area contributed by atoms with Crippen LogP contribution >= 0.6 is 15.9 Å². The molecule has 0 fully saturated rings. The van der Waals surface area contributed by atoms with Crippen molar-refractivity contribution < 1.29 is 23.9 Å². The van der Waals surface area contributed by atoms with Crippen molar-refractivity contribution in [3.8, 4) is 5.75 Å². The molecule has 0 amide bonds. The standard InChI is InChI=1S/C15H15BrO5/c1-4-20-14(19)13(18)11-12(17)9-6-5-8(16)7-10(9)21-15(11,2)3/h5-7,11H,4H2,1-3H3. The van der Waals surface area contributed by atoms with Crippen LogP contribution in [0.2, 0.25) is 0 Å². The van der Waals surface area contributed by atoms with Crippen molar-refractivity contribution >= 4 is 33.5 Å². The van der Waals surface area contributed by atoms with Gasteiger partial charge in [-0.25, -0.2) is 4.79 Å². The van der Waals surface area contributed by atoms with Crippen molar-refractivity contribution in [2.24, 2.45) is 5.92 Å². The summed E-state index contributed by atoms with van der Waals surface area (Å²) in [4.78, 5) is 36.4. The summed E-state index contributed by atoms with van der Waals surface area (Å²) in [5.41, 5.74) is -0.825. The van der Waals surface area contributed by atoms with E-state index in [2.05, 4.69) is 15.9 Å². The Bertz CT molecular complexity index is 620. The molecule has 1 aliphatic rings. The Balaban J connectivity index is 2.43. The monoisotopic (exact) mass is 354 g/mol. The smallest absolute Gasteiger partial charge is 0.375 e. The minimum Gasteiger partial charge on any atom is -0.486 e. The fourth-order valence-corrected chi connectivity index (χ4v) is 2.69. The number of halogens is 1. The van der Waals surface area contributed by atoms with Crippen LogP contribution in [0, 0.1) is 5.92 Å². The largest absolute Gasteiger partial charge is 0.486 e. The zero-order valence-corrected chi connectivity index (χ0v) is 13.5. The zero-order chi connectivity index (χ0) is 15.8. The molecule has 2 rings (SSSR count). The van der Waals surface area contributed by atoms with Crippen LogP contribution in [0.4, 0.5) is 0 Å². The number of esters is 1. The molecule has 21 heavy (non-hydrogen) atoms. The summed E-state index contributed by atoms with van der Waals surface area (Å²) in [6.07, 6.45) is 0. The number of carbonyl (C=O) groups is 3. The molecule has 0 saturated carbocycles. The molecular formula is C15H15BrO5. The Kier molecular flexibility index (Phi) is 4.18. The molecule has 0 saturated heterocycles. The second-order valence-electron chi connectivity index (χ2n) is 5.23. The lowest BCUT2D eigenvalue weighted by molar-refractivity contribution is -0.157. The molecule has 112 valence electrons. The topological polar surface area (TPSA) is 69.7 Å². The van der Waals surface area contributed by atoms with E-state index in [9.17, 15) is 14.4 Å². The number of Topliss-reactive ketones (excluding diaryl/α,β-unsaturated/α-hetero) is 2. The van der Waals surface area contributed by atoms with Crippen molar-refractivity contribution in [2.75, 3.05) is 6.61 Å². The highest BCUT2D eigenvalue weighted by molar-refractivity contribution is 9.10. The lowest BCUT2D eigenvalue weighted by atomic mass is 9.78. The van der Waals surface area contributed by atoms with E-state index in [0.29, 0.717) is 11.3 Å². The van der Waals surface area contributed by atoms with E-state index in [1.807, 2.05) is 0 Å². The summed E-state index contributed by atoms with van der Waals surface area (Å²) in [7, 11) is 0. The highest BCUT2D eigenvalue weighted by Crippen LogP contribution is 2.38. The van der Waals surface area contributed by atoms with Crippen molar-refractivity contribution in [1.29, 1.82) is 0 Å². The SMILES string of the molecule is CCOC(=O)C(=O)C1C(=O)c2ccc(Br)cc2OC1(C)C. The van der Waals surface area contributed by atoms with Gasteiger partial charge in [0.2, 0.25) is 0 Å². The van der Waals surface area contributed by atoms with Crippen LogP contribution in [0.5, 0.6) is 5.75 Å². The molecule has 1 heterocycles. The number of carbonyl (C=O) groups excluding carboxylic acids is 3. The Labute approximate surface area is 130 Å². The van der Waals surface area contributed by atoms with Gasteiger partial charge >= 0.3 is 5.97 Å². The van der Waals surface area contributed by atoms with E-state index in [1.54, 1.807) is 39.0 Å². The number of benzene rings is 1. The molecule has 0 aliphatic carbocycles. The fourth-order valence-electron chi connectivity index (χ4n) is 2.35. The van der Waals surface area contributed by atoms with Gasteiger partial charge in [0.15, 0.2) is 5.78 Å². The maximum atomic E-state index is 12.6. The molecule has 0 spiro atoms. The molecule has 5 nitrogen and oxygen atoms in total. The molecular weight excluding hydrogens is 340 g/mol. The molecule has 1 unspecified atom stereocenters. The van der Waals surface area contributed by atoms with Gasteiger partial charge in [-0.3, -0.25) is 9.59 Å². The third-order valence-corrected chi connectivity index (χ3v) is 3.77. The predicted molar refractivity (Wildman–Crippen MR) is 78.3 cm³/mol. The molecule has 1 aliphatic heterocycles. The van der Waals surface area contributed by atoms with Gasteiger partial charge in [0.25, 0.3) is 5.78 Å². The third kappa shape index (κ3) is 2.85. The van der Waals surface area contributed by atoms with E-state index in [4.69, 9.17) is 9.47 Å². The minimum absolute atomic E-state index is 0.0797. The number of hydrogen-bond acceptors (Lipinski definition) is 5. The summed E-state index contributed by atoms with van der Waals surface area (Å²) in [5, 5.41) is 0. The third-order valence-electron chi connectivity index (χ3n) is 3.28. The minimum atomic E-state index is -1.20. The van der Waals surface area contributed by atoms with Crippen LogP contribution in [-0.2, 0) is 14.3 Å². The first-order chi connectivity index (χ1) is 9.77. The molecule has 1 aromatic carbocycles. The van der Waals surface area contributed by atoms with Crippen molar-refractivity contribution in [3.63, 3.8) is 0 Å². The first-order valence-electron chi connectivity index (χ1n) is 6.51. The van der Waals surface area contributed by atoms with E-state index in [1.165, 1.54) is 0 Å². The number of hydrogen-bond donors (Lipinski definition) is 0. The van der Waals surface area contributed by atoms with Gasteiger partial charge < -0.3 is 9.47 Å². The lowest BCUT2D eigenvalue weighted by Crippen LogP contribution is -2.52. The molecule has 0 aromatic heterocycles. The van der Waals surface area contributed by atoms with E-state index >= 15 is 0 Å². The summed E-state index contributed by atoms with van der Waals surface area (Å²) in [6.45, 7) is 4.89. The first-order valence-corrected chi connectivity index (χ1v) is 7.31. The number of fused-ring (bicyclic) bond motifs is 1. The number of ketones is 2. The van der Waals surface area contributed by atoms with Crippen molar-refractivity contribution in [1.82, 2.24) is 0 Å². The molecule has 1 aromatic rings. The van der Waals surface area contributed by atoms with Crippen LogP contribution in [0.1, 0.15) is 31.1 Å². The molecule has 1 atom stereocenters. The lowest BCUT2D eigenvalue weighted by Gasteiger charge is -2.37. The van der Waals surface area contributed by atoms with Crippen molar-refractivity contribution in [2.45, 2.75) is 26.4 Å². The first kappa shape index (κ1) is 15.7. The normalized spacial score (nSPS) is 19.4. The van der Waals surface area contributed by atoms with Gasteiger partial charge in [0.05, 0.1) is 12.2 Å². The fraction of sp³-hybridized carbons (Fsp3) is 0.400. The van der Waals surface area contributed by atoms with Gasteiger partial charge in [-0.1, -0.05) is 15.9 Å². The van der Waals surface area contributed by atoms with Gasteiger partial charge in [0.1, 0.15) is 17.3 Å². The van der Waals surface area contributed by atoms with Crippen molar-refractivity contribution in [3.05, 3.63) is 28.2 Å². The zero-order valence-electron chi connectivity index (χ0n) is 11.9. The van der Waals surface area contributed by atoms with Crippen LogP contribution < -0.4 is 4.74 Å². The summed E-state index contributed by atoms with van der Waals surface area (Å²) in [6, 6.07) is 4.92. The molecule has 0 N–H and O–H groups in total. The molecule has 6 heteroatoms. The van der Waals surface area contributed by atoms with Gasteiger partial charge in [-0.15, -0.1) is 0 Å². The van der Waals surface area contributed by atoms with E-state index < -0.39 is 29.1 Å². The number of ether oxygens (including phenoxy) is 2. The van der Waals surface area contributed by atoms with Gasteiger partial charge in [-0.05, 0) is 39.0 Å². The van der Waals surface area contributed by atoms with Crippen LogP contribution in [0.15, 0.2) is 22.7 Å². The molecule has 0 bridgehead atoms. The maximum Gasteiger partial charge on any atom is 0.375 e. The van der Waals surface area contributed by atoms with Crippen LogP contribution in [0.25, 0.3) is 0 Å². The predicted octanol–water partition coefficient (Wildman–Crippen LogP) is 2.55. The summed E-state index contributed by atoms with van der Waals surface area (Å²) in [5.74, 6) is -3.11. The molecule has 0 radical (unpaired) electrons. The second kappa shape index (κ2) is 5.60. The van der Waals surface area contributed by atoms with E-state index in [-0.39, 0.29) is 6.61 Å². The quantitative estimate of drug-likeness (QED) is 0.474. The Morgan fingerprint density at radius 3 is 2.67 bits per heavy atom. The Hall–Kier alpha value is -1.69. The Morgan fingerprint density at radius 1 is 1.38 bits per heavy atom. The van der Waals surface area contributed by atoms with Gasteiger partial charge in [0, 0.05) is 4.47 Å². The average molecular weight is 355 g/mol. The van der Waals surface area contributed by atoms with Gasteiger partial charge in [-0.2, -0.15) is 0 Å².